The number of carbonyl (C=O) groups excluding carboxylic acids is 3. The van der Waals surface area contributed by atoms with E-state index in [1.807, 2.05) is 6.92 Å². The summed E-state index contributed by atoms with van der Waals surface area (Å²) in [6.45, 7) is 18.0. The number of aliphatic carboxylic acids is 1. The Hall–Kier alpha value is -2.10. The monoisotopic (exact) mass is 738 g/mol. The maximum Gasteiger partial charge on any atom is 0.306 e. The van der Waals surface area contributed by atoms with Crippen LogP contribution in [-0.4, -0.2) is 79.9 Å². The van der Waals surface area contributed by atoms with Gasteiger partial charge in [0.15, 0.2) is 5.78 Å². The van der Waals surface area contributed by atoms with Gasteiger partial charge in [0.25, 0.3) is 0 Å². The summed E-state index contributed by atoms with van der Waals surface area (Å²) in [6.07, 6.45) is 11.9. The van der Waals surface area contributed by atoms with Gasteiger partial charge in [-0.05, 0) is 135 Å². The highest BCUT2D eigenvalue weighted by molar-refractivity contribution is 6.00. The lowest BCUT2D eigenvalue weighted by molar-refractivity contribution is -0.172. The van der Waals surface area contributed by atoms with Crippen molar-refractivity contribution in [1.29, 1.82) is 0 Å². The molecule has 12 atom stereocenters. The first kappa shape index (κ1) is 40.6. The Balaban J connectivity index is 0.00000236. The average molecular weight is 738 g/mol. The van der Waals surface area contributed by atoms with E-state index in [2.05, 4.69) is 50.6 Å². The van der Waals surface area contributed by atoms with Crippen molar-refractivity contribution in [3.63, 3.8) is 0 Å². The van der Waals surface area contributed by atoms with E-state index in [9.17, 15) is 24.3 Å². The van der Waals surface area contributed by atoms with Gasteiger partial charge in [-0.25, -0.2) is 0 Å². The van der Waals surface area contributed by atoms with Crippen molar-refractivity contribution in [2.24, 2.45) is 81.2 Å². The van der Waals surface area contributed by atoms with Gasteiger partial charge >= 0.3 is 5.97 Å². The van der Waals surface area contributed by atoms with E-state index < -0.39 is 5.97 Å². The molecule has 1 heterocycles. The minimum absolute atomic E-state index is 0.0421. The third kappa shape index (κ3) is 7.11. The molecule has 7 rings (SSSR count). The Morgan fingerprint density at radius 1 is 0.925 bits per heavy atom. The lowest BCUT2D eigenvalue weighted by Gasteiger charge is -2.67. The molecule has 298 valence electrons. The number of rotatable bonds is 10. The quantitative estimate of drug-likeness (QED) is 0.230. The standard InChI is InChI=1S/C43H66N2O6.CH5N/c1-25(2)38-35(47)23-43(15-16-44-37(48)24-45-17-19-51-20-18-45)14-11-33-29(39(38)43)7-8-36-41(5)12-9-28(26(3)32(41)10-13-42(33,36)6)21-34(46)30-22-31(27(30)4)40(49)50;1-2/h25-33,36H,7-24H2,1-6H3,(H,44,48)(H,49,50);2H2,1H3. The minimum Gasteiger partial charge on any atom is -0.481 e. The molecule has 4 N–H and O–H groups in total. The number of allylic oxidation sites excluding steroid dienone is 2. The Bertz CT molecular complexity index is 1440. The second kappa shape index (κ2) is 15.8. The number of morpholine rings is 1. The Kier molecular flexibility index (Phi) is 12.1. The van der Waals surface area contributed by atoms with Gasteiger partial charge in [-0.3, -0.25) is 24.1 Å². The van der Waals surface area contributed by atoms with Crippen molar-refractivity contribution in [3.05, 3.63) is 11.1 Å². The maximum atomic E-state index is 13.9. The van der Waals surface area contributed by atoms with Gasteiger partial charge in [0.1, 0.15) is 5.78 Å². The molecular formula is C44H71N3O6. The second-order valence-electron chi connectivity index (χ2n) is 19.4. The molecule has 7 aliphatic rings. The van der Waals surface area contributed by atoms with E-state index in [0.717, 1.165) is 44.3 Å². The third-order valence-electron chi connectivity index (χ3n) is 16.9. The molecule has 0 spiro atoms. The first-order chi connectivity index (χ1) is 25.2. The minimum atomic E-state index is -0.753. The number of hydrogen-bond donors (Lipinski definition) is 3. The number of Topliss-reactive ketones (excluding diaryl/α,β-unsaturated/α-hetero) is 2. The van der Waals surface area contributed by atoms with Crippen LogP contribution < -0.4 is 11.1 Å². The molecule has 53 heavy (non-hydrogen) atoms. The fourth-order valence-corrected chi connectivity index (χ4v) is 14.1. The van der Waals surface area contributed by atoms with Gasteiger partial charge in [-0.1, -0.05) is 47.1 Å². The van der Waals surface area contributed by atoms with E-state index in [1.54, 1.807) is 0 Å². The zero-order chi connectivity index (χ0) is 38.5. The molecule has 0 aromatic rings. The molecule has 9 heteroatoms. The van der Waals surface area contributed by atoms with Crippen LogP contribution >= 0.6 is 0 Å². The first-order valence-corrected chi connectivity index (χ1v) is 21.4. The summed E-state index contributed by atoms with van der Waals surface area (Å²) in [5, 5.41) is 12.7. The van der Waals surface area contributed by atoms with Crippen LogP contribution in [0.5, 0.6) is 0 Å². The van der Waals surface area contributed by atoms with Crippen LogP contribution in [-0.2, 0) is 23.9 Å². The fourth-order valence-electron chi connectivity index (χ4n) is 14.1. The molecule has 1 amide bonds. The highest BCUT2D eigenvalue weighted by Gasteiger charge is 2.64. The zero-order valence-corrected chi connectivity index (χ0v) is 34.0. The Morgan fingerprint density at radius 2 is 1.58 bits per heavy atom. The van der Waals surface area contributed by atoms with Gasteiger partial charge in [-0.15, -0.1) is 0 Å². The van der Waals surface area contributed by atoms with Crippen molar-refractivity contribution in [2.45, 2.75) is 119 Å². The van der Waals surface area contributed by atoms with Crippen LogP contribution in [0.15, 0.2) is 11.1 Å². The largest absolute Gasteiger partial charge is 0.481 e. The number of amides is 1. The second-order valence-corrected chi connectivity index (χ2v) is 19.4. The highest BCUT2D eigenvalue weighted by atomic mass is 16.5. The van der Waals surface area contributed by atoms with E-state index >= 15 is 0 Å². The molecule has 0 aromatic carbocycles. The van der Waals surface area contributed by atoms with Crippen LogP contribution in [0.4, 0.5) is 0 Å². The summed E-state index contributed by atoms with van der Waals surface area (Å²) in [5.41, 5.74) is 7.51. The van der Waals surface area contributed by atoms with Gasteiger partial charge in [0.05, 0.1) is 25.7 Å². The molecule has 5 saturated carbocycles. The number of ether oxygens (including phenoxy) is 1. The third-order valence-corrected chi connectivity index (χ3v) is 16.9. The number of nitrogens with two attached hydrogens (primary N) is 1. The molecular weight excluding hydrogens is 666 g/mol. The number of nitrogens with one attached hydrogen (secondary N) is 1. The summed E-state index contributed by atoms with van der Waals surface area (Å²) < 4.78 is 5.45. The number of carbonyl (C=O) groups is 4. The summed E-state index contributed by atoms with van der Waals surface area (Å²) >= 11 is 0. The fraction of sp³-hybridized carbons (Fsp3) is 0.864. The molecule has 9 nitrogen and oxygen atoms in total. The van der Waals surface area contributed by atoms with Crippen molar-refractivity contribution < 1.29 is 29.0 Å². The van der Waals surface area contributed by atoms with Crippen LogP contribution in [0, 0.1) is 75.4 Å². The summed E-state index contributed by atoms with van der Waals surface area (Å²) in [4.78, 5) is 53.9. The molecule has 0 radical (unpaired) electrons. The SMILES string of the molecule is CC(C)C1=C2C3CCC4C(C)(CCC5C(C)C(CC(=O)C6CC(C(=O)O)C6C)CCC54C)C3CCC2(CCNC(=O)CN2CCOCC2)CC1=O.CN. The van der Waals surface area contributed by atoms with Gasteiger partial charge < -0.3 is 20.9 Å². The van der Waals surface area contributed by atoms with Crippen molar-refractivity contribution in [3.8, 4) is 0 Å². The van der Waals surface area contributed by atoms with Crippen LogP contribution in [0.3, 0.4) is 0 Å². The van der Waals surface area contributed by atoms with Gasteiger partial charge in [0.2, 0.25) is 5.91 Å². The number of nitrogens with zero attached hydrogens (tertiary/aromatic N) is 1. The van der Waals surface area contributed by atoms with E-state index in [1.165, 1.54) is 44.7 Å². The number of carboxylic acid groups (broad SMARTS) is 1. The summed E-state index contributed by atoms with van der Waals surface area (Å²) in [5.74, 6) is 2.96. The molecule has 1 saturated heterocycles. The normalized spacial score (nSPS) is 42.3. The van der Waals surface area contributed by atoms with Gasteiger partial charge in [-0.2, -0.15) is 0 Å². The van der Waals surface area contributed by atoms with E-state index in [-0.39, 0.29) is 45.8 Å². The number of hydrogen-bond acceptors (Lipinski definition) is 7. The number of ketones is 2. The molecule has 0 aromatic heterocycles. The highest BCUT2D eigenvalue weighted by Crippen LogP contribution is 2.72. The van der Waals surface area contributed by atoms with E-state index in [4.69, 9.17) is 4.74 Å². The number of carboxylic acids is 1. The van der Waals surface area contributed by atoms with Crippen LogP contribution in [0.1, 0.15) is 119 Å². The van der Waals surface area contributed by atoms with Crippen molar-refractivity contribution in [1.82, 2.24) is 10.2 Å². The predicted molar refractivity (Wildman–Crippen MR) is 207 cm³/mol. The van der Waals surface area contributed by atoms with Crippen LogP contribution in [0.2, 0.25) is 0 Å². The predicted octanol–water partition coefficient (Wildman–Crippen LogP) is 6.53. The number of fused-ring (bicyclic) bond motifs is 7. The van der Waals surface area contributed by atoms with Crippen molar-refractivity contribution >= 4 is 23.4 Å². The molecule has 6 fully saturated rings. The maximum absolute atomic E-state index is 13.9. The first-order valence-electron chi connectivity index (χ1n) is 21.4. The lowest BCUT2D eigenvalue weighted by atomic mass is 9.37. The topological polar surface area (TPSA) is 139 Å². The summed E-state index contributed by atoms with van der Waals surface area (Å²) in [6, 6.07) is 0. The smallest absolute Gasteiger partial charge is 0.306 e. The Morgan fingerprint density at radius 3 is 2.25 bits per heavy atom. The lowest BCUT2D eigenvalue weighted by Crippen LogP contribution is -2.60. The van der Waals surface area contributed by atoms with Gasteiger partial charge in [0, 0.05) is 43.8 Å². The molecule has 6 aliphatic carbocycles. The molecule has 1 aliphatic heterocycles. The summed E-state index contributed by atoms with van der Waals surface area (Å²) in [7, 11) is 1.50. The van der Waals surface area contributed by atoms with Crippen LogP contribution in [0.25, 0.3) is 0 Å². The van der Waals surface area contributed by atoms with Crippen molar-refractivity contribution in [2.75, 3.05) is 46.4 Å². The Labute approximate surface area is 319 Å². The molecule has 12 unspecified atom stereocenters. The molecule has 0 bridgehead atoms. The zero-order valence-electron chi connectivity index (χ0n) is 34.0. The van der Waals surface area contributed by atoms with E-state index in [0.29, 0.717) is 92.6 Å². The average Bonchev–Trinajstić information content (AvgIpc) is 3.42.